The number of esters is 1. The Bertz CT molecular complexity index is 960. The summed E-state index contributed by atoms with van der Waals surface area (Å²) in [4.78, 5) is 32.0. The van der Waals surface area contributed by atoms with Crippen LogP contribution >= 0.6 is 22.9 Å². The maximum atomic E-state index is 12.0. The summed E-state index contributed by atoms with van der Waals surface area (Å²) < 4.78 is 11.3. The second-order valence-electron chi connectivity index (χ2n) is 5.05. The Kier molecular flexibility index (Phi) is 5.65. The molecule has 26 heavy (non-hydrogen) atoms. The number of pyridine rings is 1. The van der Waals surface area contributed by atoms with Crippen molar-refractivity contribution >= 4 is 50.2 Å². The van der Waals surface area contributed by atoms with Gasteiger partial charge in [0.15, 0.2) is 11.7 Å². The van der Waals surface area contributed by atoms with E-state index in [0.717, 1.165) is 16.0 Å². The van der Waals surface area contributed by atoms with Crippen LogP contribution in [-0.2, 0) is 9.53 Å². The molecule has 0 bridgehead atoms. The fourth-order valence-electron chi connectivity index (χ4n) is 2.12. The molecule has 9 heteroatoms. The number of aromatic nitrogens is 2. The third-order valence-corrected chi connectivity index (χ3v) is 4.47. The van der Waals surface area contributed by atoms with Crippen molar-refractivity contribution < 1.29 is 19.1 Å². The van der Waals surface area contributed by atoms with Crippen molar-refractivity contribution in [1.29, 1.82) is 0 Å². The van der Waals surface area contributed by atoms with Crippen LogP contribution in [0.5, 0.6) is 5.75 Å². The topological polar surface area (TPSA) is 90.4 Å². The van der Waals surface area contributed by atoms with Gasteiger partial charge in [0.25, 0.3) is 5.91 Å². The number of halogens is 1. The molecule has 134 valence electrons. The number of thiazole rings is 1. The lowest BCUT2D eigenvalue weighted by Crippen LogP contribution is -2.21. The fraction of sp³-hybridized carbons (Fsp3) is 0.176. The van der Waals surface area contributed by atoms with Gasteiger partial charge in [-0.1, -0.05) is 22.9 Å². The van der Waals surface area contributed by atoms with Crippen molar-refractivity contribution in [1.82, 2.24) is 9.97 Å². The number of hydrogen-bond donors (Lipinski definition) is 1. The number of ether oxygens (including phenoxy) is 2. The highest BCUT2D eigenvalue weighted by Crippen LogP contribution is 2.29. The third kappa shape index (κ3) is 4.27. The van der Waals surface area contributed by atoms with Crippen LogP contribution in [0.4, 0.5) is 5.13 Å². The lowest BCUT2D eigenvalue weighted by atomic mass is 10.3. The van der Waals surface area contributed by atoms with Crippen LogP contribution < -0.4 is 10.1 Å². The highest BCUT2D eigenvalue weighted by Gasteiger charge is 2.15. The summed E-state index contributed by atoms with van der Waals surface area (Å²) >= 11 is 7.12. The molecule has 0 atom stereocenters. The van der Waals surface area contributed by atoms with E-state index in [2.05, 4.69) is 15.3 Å². The molecule has 3 aromatic rings. The molecule has 0 unspecified atom stereocenters. The average molecular weight is 392 g/mol. The molecule has 1 N–H and O–H groups in total. The Morgan fingerprint density at radius 1 is 1.31 bits per heavy atom. The number of carbonyl (C=O) groups is 2. The maximum Gasteiger partial charge on any atom is 0.341 e. The zero-order chi connectivity index (χ0) is 18.5. The Labute approximate surface area is 157 Å². The van der Waals surface area contributed by atoms with Gasteiger partial charge in [0.2, 0.25) is 0 Å². The Hall–Kier alpha value is -2.71. The molecule has 2 aromatic heterocycles. The zero-order valence-corrected chi connectivity index (χ0v) is 15.3. The van der Waals surface area contributed by atoms with Crippen LogP contribution in [0.15, 0.2) is 36.5 Å². The van der Waals surface area contributed by atoms with Crippen molar-refractivity contribution in [2.24, 2.45) is 0 Å². The number of benzene rings is 1. The first-order chi connectivity index (χ1) is 12.6. The largest absolute Gasteiger partial charge is 0.494 e. The number of fused-ring (bicyclic) bond motifs is 1. The number of amides is 1. The van der Waals surface area contributed by atoms with Gasteiger partial charge >= 0.3 is 5.97 Å². The number of nitrogens with zero attached hydrogens (tertiary/aromatic N) is 2. The molecule has 0 aliphatic carbocycles. The Morgan fingerprint density at radius 2 is 2.15 bits per heavy atom. The molecule has 0 aliphatic rings. The van der Waals surface area contributed by atoms with Gasteiger partial charge < -0.3 is 9.47 Å². The van der Waals surface area contributed by atoms with Crippen LogP contribution in [0, 0.1) is 0 Å². The molecule has 0 spiro atoms. The number of nitrogens with one attached hydrogen (secondary N) is 1. The van der Waals surface area contributed by atoms with E-state index in [9.17, 15) is 9.59 Å². The molecule has 0 aliphatic heterocycles. The molecule has 0 fully saturated rings. The summed E-state index contributed by atoms with van der Waals surface area (Å²) in [7, 11) is 0. The SMILES string of the molecule is CCOc1ccc2nc(NC(=O)COC(=O)c3cccnc3Cl)sc2c1. The van der Waals surface area contributed by atoms with Crippen LogP contribution in [0.25, 0.3) is 10.2 Å². The van der Waals surface area contributed by atoms with Gasteiger partial charge in [-0.15, -0.1) is 0 Å². The molecule has 3 rings (SSSR count). The first-order valence-corrected chi connectivity index (χ1v) is 8.87. The summed E-state index contributed by atoms with van der Waals surface area (Å²) in [6.45, 7) is 2.02. The Balaban J connectivity index is 1.60. The highest BCUT2D eigenvalue weighted by molar-refractivity contribution is 7.22. The minimum atomic E-state index is -0.719. The molecule has 2 heterocycles. The van der Waals surface area contributed by atoms with E-state index in [-0.39, 0.29) is 10.7 Å². The summed E-state index contributed by atoms with van der Waals surface area (Å²) in [5.41, 5.74) is 0.846. The zero-order valence-electron chi connectivity index (χ0n) is 13.7. The Morgan fingerprint density at radius 3 is 2.92 bits per heavy atom. The van der Waals surface area contributed by atoms with Gasteiger partial charge in [-0.25, -0.2) is 14.8 Å². The van der Waals surface area contributed by atoms with Gasteiger partial charge in [-0.2, -0.15) is 0 Å². The second kappa shape index (κ2) is 8.11. The van der Waals surface area contributed by atoms with Gasteiger partial charge in [-0.3, -0.25) is 10.1 Å². The van der Waals surface area contributed by atoms with Crippen molar-refractivity contribution in [3.63, 3.8) is 0 Å². The van der Waals surface area contributed by atoms with Gasteiger partial charge in [0.05, 0.1) is 22.4 Å². The summed E-state index contributed by atoms with van der Waals surface area (Å²) in [6.07, 6.45) is 1.45. The van der Waals surface area contributed by atoms with E-state index in [0.29, 0.717) is 11.7 Å². The molecule has 0 radical (unpaired) electrons. The smallest absolute Gasteiger partial charge is 0.341 e. The van der Waals surface area contributed by atoms with Crippen molar-refractivity contribution in [2.75, 3.05) is 18.5 Å². The van der Waals surface area contributed by atoms with E-state index < -0.39 is 18.5 Å². The van der Waals surface area contributed by atoms with E-state index in [1.165, 1.54) is 23.6 Å². The quantitative estimate of drug-likeness (QED) is 0.510. The van der Waals surface area contributed by atoms with Crippen molar-refractivity contribution in [2.45, 2.75) is 6.92 Å². The molecule has 1 aromatic carbocycles. The van der Waals surface area contributed by atoms with Crippen LogP contribution in [0.1, 0.15) is 17.3 Å². The number of hydrogen-bond acceptors (Lipinski definition) is 7. The molecular weight excluding hydrogens is 378 g/mol. The normalized spacial score (nSPS) is 10.5. The maximum absolute atomic E-state index is 12.0. The molecule has 0 saturated carbocycles. The monoisotopic (exact) mass is 391 g/mol. The highest BCUT2D eigenvalue weighted by atomic mass is 35.5. The molecular formula is C17H14ClN3O4S. The van der Waals surface area contributed by atoms with Gasteiger partial charge in [0.1, 0.15) is 10.9 Å². The second-order valence-corrected chi connectivity index (χ2v) is 6.44. The fourth-order valence-corrected chi connectivity index (χ4v) is 3.22. The predicted molar refractivity (Wildman–Crippen MR) is 98.9 cm³/mol. The average Bonchev–Trinajstić information content (AvgIpc) is 3.02. The number of carbonyl (C=O) groups excluding carboxylic acids is 2. The lowest BCUT2D eigenvalue weighted by Gasteiger charge is -2.05. The van der Waals surface area contributed by atoms with Crippen molar-refractivity contribution in [3.8, 4) is 5.75 Å². The van der Waals surface area contributed by atoms with Gasteiger partial charge in [-0.05, 0) is 37.3 Å². The van der Waals surface area contributed by atoms with E-state index in [4.69, 9.17) is 21.1 Å². The molecule has 7 nitrogen and oxygen atoms in total. The van der Waals surface area contributed by atoms with E-state index in [1.807, 2.05) is 25.1 Å². The predicted octanol–water partition coefficient (Wildman–Crippen LogP) is 3.54. The minimum absolute atomic E-state index is 0.0224. The van der Waals surface area contributed by atoms with Crippen molar-refractivity contribution in [3.05, 3.63) is 47.2 Å². The molecule has 0 saturated heterocycles. The summed E-state index contributed by atoms with van der Waals surface area (Å²) in [5, 5.41) is 3.04. The first kappa shape index (κ1) is 18.1. The number of anilines is 1. The van der Waals surface area contributed by atoms with Gasteiger partial charge in [0, 0.05) is 6.20 Å². The van der Waals surface area contributed by atoms with E-state index >= 15 is 0 Å². The van der Waals surface area contributed by atoms with E-state index in [1.54, 1.807) is 6.07 Å². The molecule has 1 amide bonds. The standard InChI is InChI=1S/C17H14ClN3O4S/c1-2-24-10-5-6-12-13(8-10)26-17(20-12)21-14(22)9-25-16(23)11-4-3-7-19-15(11)18/h3-8H,2,9H2,1H3,(H,20,21,22). The number of rotatable bonds is 6. The van der Waals surface area contributed by atoms with Crippen LogP contribution in [0.2, 0.25) is 5.15 Å². The first-order valence-electron chi connectivity index (χ1n) is 7.67. The summed E-state index contributed by atoms with van der Waals surface area (Å²) in [6, 6.07) is 8.52. The lowest BCUT2D eigenvalue weighted by molar-refractivity contribution is -0.119. The summed E-state index contributed by atoms with van der Waals surface area (Å²) in [5.74, 6) is -0.477. The van der Waals surface area contributed by atoms with Crippen LogP contribution in [-0.4, -0.2) is 35.1 Å². The third-order valence-electron chi connectivity index (χ3n) is 3.23. The van der Waals surface area contributed by atoms with Crippen LogP contribution in [0.3, 0.4) is 0 Å². The minimum Gasteiger partial charge on any atom is -0.494 e.